The predicted molar refractivity (Wildman–Crippen MR) is 76.3 cm³/mol. The molecule has 0 aliphatic heterocycles. The lowest BCUT2D eigenvalue weighted by Crippen LogP contribution is -1.95. The maximum Gasteiger partial charge on any atom is 0.130 e. The van der Waals surface area contributed by atoms with Crippen molar-refractivity contribution in [2.24, 2.45) is 0 Å². The standard InChI is InChI=1S/C15H18ClN/c1-5-7-11(3)13-9-14(12(4)8-6-2)17-15(16)10-13/h5-11H,2H2,1,3-4H3. The van der Waals surface area contributed by atoms with Gasteiger partial charge in [-0.3, -0.25) is 0 Å². The fourth-order valence-electron chi connectivity index (χ4n) is 1.64. The highest BCUT2D eigenvalue weighted by Gasteiger charge is 2.07. The minimum Gasteiger partial charge on any atom is -0.236 e. The van der Waals surface area contributed by atoms with Crippen molar-refractivity contribution in [1.82, 2.24) is 4.98 Å². The van der Waals surface area contributed by atoms with Crippen molar-refractivity contribution < 1.29 is 0 Å². The van der Waals surface area contributed by atoms with Crippen LogP contribution in [0.4, 0.5) is 0 Å². The molecule has 90 valence electrons. The highest BCUT2D eigenvalue weighted by atomic mass is 35.5. The van der Waals surface area contributed by atoms with Gasteiger partial charge in [0.2, 0.25) is 0 Å². The summed E-state index contributed by atoms with van der Waals surface area (Å²) in [6.45, 7) is 9.85. The van der Waals surface area contributed by atoms with Crippen LogP contribution in [0.3, 0.4) is 0 Å². The SMILES string of the molecule is C=CC=C(C)c1cc(C(C)C=CC)cc(Cl)n1. The molecule has 1 aromatic rings. The molecule has 0 aliphatic rings. The van der Waals surface area contributed by atoms with Crippen LogP contribution in [0, 0.1) is 0 Å². The average Bonchev–Trinajstić information content (AvgIpc) is 2.29. The van der Waals surface area contributed by atoms with E-state index in [0.717, 1.165) is 11.3 Å². The first-order chi connectivity index (χ1) is 8.08. The van der Waals surface area contributed by atoms with Crippen LogP contribution in [0.2, 0.25) is 5.15 Å². The first-order valence-corrected chi connectivity index (χ1v) is 6.06. The molecule has 0 spiro atoms. The van der Waals surface area contributed by atoms with Crippen LogP contribution in [0.25, 0.3) is 5.57 Å². The number of hydrogen-bond acceptors (Lipinski definition) is 1. The van der Waals surface area contributed by atoms with E-state index in [0.29, 0.717) is 11.1 Å². The average molecular weight is 248 g/mol. The minimum absolute atomic E-state index is 0.343. The Hall–Kier alpha value is -1.34. The van der Waals surface area contributed by atoms with E-state index < -0.39 is 0 Å². The van der Waals surface area contributed by atoms with E-state index >= 15 is 0 Å². The van der Waals surface area contributed by atoms with E-state index in [1.165, 1.54) is 5.56 Å². The molecule has 0 amide bonds. The predicted octanol–water partition coefficient (Wildman–Crippen LogP) is 5.00. The number of rotatable bonds is 4. The molecule has 2 heteroatoms. The largest absolute Gasteiger partial charge is 0.236 e. The molecule has 0 saturated carbocycles. The topological polar surface area (TPSA) is 12.9 Å². The third kappa shape index (κ3) is 3.86. The van der Waals surface area contributed by atoms with Gasteiger partial charge in [-0.2, -0.15) is 0 Å². The van der Waals surface area contributed by atoms with Gasteiger partial charge < -0.3 is 0 Å². The van der Waals surface area contributed by atoms with Crippen LogP contribution < -0.4 is 0 Å². The molecule has 1 unspecified atom stereocenters. The Kier molecular flexibility index (Phi) is 5.17. The van der Waals surface area contributed by atoms with Crippen molar-refractivity contribution in [2.45, 2.75) is 26.7 Å². The van der Waals surface area contributed by atoms with E-state index in [9.17, 15) is 0 Å². The summed E-state index contributed by atoms with van der Waals surface area (Å²) in [4.78, 5) is 4.32. The van der Waals surface area contributed by atoms with Crippen molar-refractivity contribution in [2.75, 3.05) is 0 Å². The third-order valence-electron chi connectivity index (χ3n) is 2.60. The smallest absolute Gasteiger partial charge is 0.130 e. The molecule has 0 radical (unpaired) electrons. The lowest BCUT2D eigenvalue weighted by Gasteiger charge is -2.10. The molecule has 1 aromatic heterocycles. The lowest BCUT2D eigenvalue weighted by molar-refractivity contribution is 0.955. The summed E-state index contributed by atoms with van der Waals surface area (Å²) in [5, 5.41) is 0.533. The molecule has 0 bridgehead atoms. The normalized spacial score (nSPS) is 14.0. The Morgan fingerprint density at radius 2 is 2.18 bits per heavy atom. The van der Waals surface area contributed by atoms with Gasteiger partial charge in [-0.25, -0.2) is 4.98 Å². The zero-order valence-corrected chi connectivity index (χ0v) is 11.3. The van der Waals surface area contributed by atoms with Crippen molar-refractivity contribution in [3.8, 4) is 0 Å². The Labute approximate surface area is 109 Å². The zero-order chi connectivity index (χ0) is 12.8. The highest BCUT2D eigenvalue weighted by Crippen LogP contribution is 2.23. The second kappa shape index (κ2) is 6.41. The molecule has 0 aromatic carbocycles. The van der Waals surface area contributed by atoms with Crippen LogP contribution >= 0.6 is 11.6 Å². The summed E-state index contributed by atoms with van der Waals surface area (Å²) in [6, 6.07) is 3.99. The van der Waals surface area contributed by atoms with E-state index in [-0.39, 0.29) is 0 Å². The molecule has 0 fully saturated rings. The summed E-state index contributed by atoms with van der Waals surface area (Å²) in [5.41, 5.74) is 3.15. The summed E-state index contributed by atoms with van der Waals surface area (Å²) in [5.74, 6) is 0.343. The van der Waals surface area contributed by atoms with Crippen LogP contribution in [-0.2, 0) is 0 Å². The fourth-order valence-corrected chi connectivity index (χ4v) is 1.86. The molecule has 0 aliphatic carbocycles. The van der Waals surface area contributed by atoms with Gasteiger partial charge >= 0.3 is 0 Å². The molecule has 1 heterocycles. The number of allylic oxidation sites excluding steroid dienone is 5. The molecule has 1 rings (SSSR count). The monoisotopic (exact) mass is 247 g/mol. The molecule has 1 atom stereocenters. The summed E-state index contributed by atoms with van der Waals surface area (Å²) >= 11 is 6.05. The van der Waals surface area contributed by atoms with E-state index in [2.05, 4.69) is 30.6 Å². The molecule has 0 saturated heterocycles. The second-order valence-corrected chi connectivity index (χ2v) is 4.40. The van der Waals surface area contributed by atoms with Gasteiger partial charge in [-0.05, 0) is 43.0 Å². The number of hydrogen-bond donors (Lipinski definition) is 0. The summed E-state index contributed by atoms with van der Waals surface area (Å²) < 4.78 is 0. The van der Waals surface area contributed by atoms with Crippen LogP contribution in [0.1, 0.15) is 37.9 Å². The third-order valence-corrected chi connectivity index (χ3v) is 2.79. The molecule has 1 nitrogen and oxygen atoms in total. The van der Waals surface area contributed by atoms with Crippen LogP contribution in [0.15, 0.2) is 43.0 Å². The Bertz CT molecular complexity index is 458. The summed E-state index contributed by atoms with van der Waals surface area (Å²) in [7, 11) is 0. The van der Waals surface area contributed by atoms with Gasteiger partial charge in [-0.1, -0.05) is 49.4 Å². The van der Waals surface area contributed by atoms with Crippen LogP contribution in [0.5, 0.6) is 0 Å². The van der Waals surface area contributed by atoms with Gasteiger partial charge in [0.1, 0.15) is 5.15 Å². The number of halogens is 1. The lowest BCUT2D eigenvalue weighted by atomic mass is 9.99. The van der Waals surface area contributed by atoms with Gasteiger partial charge in [0, 0.05) is 0 Å². The van der Waals surface area contributed by atoms with Crippen molar-refractivity contribution in [1.29, 1.82) is 0 Å². The van der Waals surface area contributed by atoms with E-state index in [4.69, 9.17) is 11.6 Å². The molecular formula is C15H18ClN. The highest BCUT2D eigenvalue weighted by molar-refractivity contribution is 6.29. The fraction of sp³-hybridized carbons (Fsp3) is 0.267. The Morgan fingerprint density at radius 1 is 1.47 bits per heavy atom. The van der Waals surface area contributed by atoms with Crippen LogP contribution in [-0.4, -0.2) is 4.98 Å². The first kappa shape index (κ1) is 13.7. The van der Waals surface area contributed by atoms with Gasteiger partial charge in [-0.15, -0.1) is 0 Å². The van der Waals surface area contributed by atoms with Gasteiger partial charge in [0.05, 0.1) is 5.69 Å². The first-order valence-electron chi connectivity index (χ1n) is 5.68. The van der Waals surface area contributed by atoms with Crippen molar-refractivity contribution >= 4 is 17.2 Å². The number of nitrogens with zero attached hydrogens (tertiary/aromatic N) is 1. The Morgan fingerprint density at radius 3 is 2.76 bits per heavy atom. The summed E-state index contributed by atoms with van der Waals surface area (Å²) in [6.07, 6.45) is 7.88. The second-order valence-electron chi connectivity index (χ2n) is 4.01. The number of pyridine rings is 1. The van der Waals surface area contributed by atoms with Gasteiger partial charge in [0.25, 0.3) is 0 Å². The maximum absolute atomic E-state index is 6.05. The molecular weight excluding hydrogens is 230 g/mol. The maximum atomic E-state index is 6.05. The number of aromatic nitrogens is 1. The van der Waals surface area contributed by atoms with E-state index in [1.54, 1.807) is 6.08 Å². The minimum atomic E-state index is 0.343. The van der Waals surface area contributed by atoms with E-state index in [1.807, 2.05) is 32.1 Å². The quantitative estimate of drug-likeness (QED) is 0.414. The van der Waals surface area contributed by atoms with Gasteiger partial charge in [0.15, 0.2) is 0 Å². The Balaban J connectivity index is 3.18. The molecule has 17 heavy (non-hydrogen) atoms. The van der Waals surface area contributed by atoms with Crippen molar-refractivity contribution in [3.05, 3.63) is 59.4 Å². The molecule has 0 N–H and O–H groups in total. The zero-order valence-electron chi connectivity index (χ0n) is 10.6. The van der Waals surface area contributed by atoms with Crippen molar-refractivity contribution in [3.63, 3.8) is 0 Å².